The van der Waals surface area contributed by atoms with Crippen LogP contribution in [0.3, 0.4) is 0 Å². The first-order chi connectivity index (χ1) is 20.5. The van der Waals surface area contributed by atoms with Crippen LogP contribution < -0.4 is 33.0 Å². The predicted octanol–water partition coefficient (Wildman–Crippen LogP) is -1.04. The van der Waals surface area contributed by atoms with Gasteiger partial charge in [0.25, 0.3) is 5.56 Å². The lowest BCUT2D eigenvalue weighted by Gasteiger charge is -2.25. The summed E-state index contributed by atoms with van der Waals surface area (Å²) in [5.41, 5.74) is 17.7. The van der Waals surface area contributed by atoms with E-state index < -0.39 is 71.7 Å². The summed E-state index contributed by atoms with van der Waals surface area (Å²) in [5, 5.41) is 11.2. The molecule has 21 nitrogen and oxygen atoms in total. The van der Waals surface area contributed by atoms with Crippen molar-refractivity contribution in [2.75, 3.05) is 35.1 Å². The second-order valence-corrected chi connectivity index (χ2v) is 11.8. The number of phosphoric ester groups is 1. The van der Waals surface area contributed by atoms with Gasteiger partial charge in [-0.1, -0.05) is 0 Å². The summed E-state index contributed by atoms with van der Waals surface area (Å²) in [4.78, 5) is 46.6. The molecule has 0 spiro atoms. The van der Waals surface area contributed by atoms with E-state index in [2.05, 4.69) is 30.9 Å². The molecule has 0 aromatic carbocycles. The van der Waals surface area contributed by atoms with Gasteiger partial charge in [0.05, 0.1) is 31.3 Å². The number of nitrogens with one attached hydrogen (secondary N) is 3. The minimum atomic E-state index is -4.86. The van der Waals surface area contributed by atoms with Gasteiger partial charge in [-0.3, -0.25) is 33.8 Å². The number of nitrogen functional groups attached to an aromatic ring is 2. The summed E-state index contributed by atoms with van der Waals surface area (Å²) >= 11 is 0. The van der Waals surface area contributed by atoms with Crippen LogP contribution in [0.25, 0.3) is 11.2 Å². The van der Waals surface area contributed by atoms with Crippen LogP contribution in [0.15, 0.2) is 23.4 Å². The van der Waals surface area contributed by atoms with Crippen molar-refractivity contribution >= 4 is 50.4 Å². The molecule has 23 heteroatoms. The average Bonchev–Trinajstić information content (AvgIpc) is 3.72. The summed E-state index contributed by atoms with van der Waals surface area (Å²) in [6.45, 7) is -1.01. The molecule has 232 valence electrons. The van der Waals surface area contributed by atoms with Crippen molar-refractivity contribution in [1.82, 2.24) is 30.0 Å². The maximum atomic E-state index is 13.1. The standard InChI is InChI=1S/C20H26N10O11P2/c21-16-14-9(1-2-23-16)30(28-27-14)13-4-10(40-42(33)34)12(39-13)6-37-43(35,36)41-11-3-8(5-31)38-19(11)29-7-24-15-17(29)25-20(22)26-18(15)32/h1-2,7-8,10-13,19,27-28,31H,3-6H2,(H6-,21,22,23,25,26,32,33,34,35,36)/p+1/t8-,10?,11?,12+,13+,19+/m0/s1. The number of aromatic nitrogens is 5. The van der Waals surface area contributed by atoms with E-state index in [1.54, 1.807) is 11.1 Å². The van der Waals surface area contributed by atoms with Gasteiger partial charge in [0.15, 0.2) is 17.4 Å². The van der Waals surface area contributed by atoms with Gasteiger partial charge in [-0.25, -0.2) is 14.5 Å². The van der Waals surface area contributed by atoms with Crippen molar-refractivity contribution in [2.45, 2.75) is 49.7 Å². The second-order valence-electron chi connectivity index (χ2n) is 9.69. The third kappa shape index (κ3) is 5.93. The van der Waals surface area contributed by atoms with Crippen LogP contribution in [0.4, 0.5) is 23.1 Å². The molecule has 3 aromatic heterocycles. The summed E-state index contributed by atoms with van der Waals surface area (Å²) < 4.78 is 53.4. The summed E-state index contributed by atoms with van der Waals surface area (Å²) in [5.74, 6) is 0.0340. The predicted molar refractivity (Wildman–Crippen MR) is 145 cm³/mol. The number of hydrogen-bond donors (Lipinski definition) is 8. The Kier molecular flexibility index (Phi) is 8.05. The number of imidazole rings is 1. The smallest absolute Gasteiger partial charge is 0.394 e. The number of ether oxygens (including phenoxy) is 2. The van der Waals surface area contributed by atoms with Crippen LogP contribution in [0.5, 0.6) is 0 Å². The fourth-order valence-electron chi connectivity index (χ4n) is 5.11. The number of rotatable bonds is 10. The van der Waals surface area contributed by atoms with E-state index in [0.717, 1.165) is 0 Å². The topological polar surface area (TPSA) is 297 Å². The number of aliphatic hydroxyl groups excluding tert-OH is 1. The molecule has 8 atom stereocenters. The van der Waals surface area contributed by atoms with Crippen molar-refractivity contribution in [3.05, 3.63) is 28.9 Å². The monoisotopic (exact) mass is 645 g/mol. The van der Waals surface area contributed by atoms with Crippen LogP contribution in [0, 0.1) is 0 Å². The van der Waals surface area contributed by atoms with Crippen LogP contribution in [-0.2, 0) is 32.2 Å². The van der Waals surface area contributed by atoms with E-state index in [4.69, 9.17) is 34.5 Å². The number of pyridine rings is 1. The molecule has 2 fully saturated rings. The van der Waals surface area contributed by atoms with Gasteiger partial charge in [-0.05, 0) is 6.07 Å². The fraction of sp³-hybridized carbons (Fsp3) is 0.500. The first kappa shape index (κ1) is 29.7. The Labute approximate surface area is 241 Å². The Morgan fingerprint density at radius 3 is 2.81 bits per heavy atom. The first-order valence-corrected chi connectivity index (χ1v) is 15.3. The summed E-state index contributed by atoms with van der Waals surface area (Å²) in [6, 6.07) is 1.66. The lowest BCUT2D eigenvalue weighted by atomic mass is 10.2. The molecule has 0 amide bonds. The molecule has 43 heavy (non-hydrogen) atoms. The van der Waals surface area contributed by atoms with Crippen LogP contribution in [0.1, 0.15) is 19.1 Å². The highest BCUT2D eigenvalue weighted by molar-refractivity contribution is 7.47. The number of anilines is 4. The van der Waals surface area contributed by atoms with Crippen molar-refractivity contribution in [3.63, 3.8) is 0 Å². The number of hydrazine groups is 2. The number of hydrogen-bond acceptors (Lipinski definition) is 17. The zero-order valence-electron chi connectivity index (χ0n) is 21.9. The maximum Gasteiger partial charge on any atom is 0.695 e. The molecule has 0 radical (unpaired) electrons. The molecule has 0 bridgehead atoms. The highest BCUT2D eigenvalue weighted by Gasteiger charge is 2.48. The Morgan fingerprint density at radius 2 is 2.05 bits per heavy atom. The van der Waals surface area contributed by atoms with Gasteiger partial charge in [-0.2, -0.15) is 4.98 Å². The average molecular weight is 645 g/mol. The summed E-state index contributed by atoms with van der Waals surface area (Å²) in [6.07, 6.45) is -3.24. The van der Waals surface area contributed by atoms with E-state index in [9.17, 15) is 28.8 Å². The minimum absolute atomic E-state index is 0.0276. The van der Waals surface area contributed by atoms with E-state index in [0.29, 0.717) is 11.4 Å². The molecule has 3 aliphatic rings. The number of nitrogens with zero attached hydrogens (tertiary/aromatic N) is 5. The Balaban J connectivity index is 1.16. The van der Waals surface area contributed by atoms with Gasteiger partial charge >= 0.3 is 16.1 Å². The third-order valence-corrected chi connectivity index (χ3v) is 8.42. The molecule has 0 aliphatic carbocycles. The van der Waals surface area contributed by atoms with E-state index in [1.165, 1.54) is 17.1 Å². The SMILES string of the molecule is Nc1nc2c(ncn2[C@@H]2O[C@H](CO)CC2OP(=O)(O)OC[C@H]2O[C@@H](N3NNc4c3ccnc4N)CC2O[P+](=O)O)c(=O)[nH]1. The Bertz CT molecular complexity index is 1640. The van der Waals surface area contributed by atoms with E-state index >= 15 is 0 Å². The molecular weight excluding hydrogens is 618 g/mol. The molecule has 6 heterocycles. The van der Waals surface area contributed by atoms with Crippen LogP contribution in [0.2, 0.25) is 0 Å². The maximum absolute atomic E-state index is 13.1. The summed E-state index contributed by atoms with van der Waals surface area (Å²) in [7, 11) is -7.91. The third-order valence-electron chi connectivity index (χ3n) is 6.96. The molecule has 10 N–H and O–H groups in total. The fourth-order valence-corrected chi connectivity index (χ4v) is 6.49. The highest BCUT2D eigenvalue weighted by Crippen LogP contribution is 2.50. The zero-order valence-corrected chi connectivity index (χ0v) is 23.7. The number of fused-ring (bicyclic) bond motifs is 2. The van der Waals surface area contributed by atoms with Crippen LogP contribution in [-0.4, -0.2) is 83.3 Å². The van der Waals surface area contributed by atoms with Crippen molar-refractivity contribution in [1.29, 1.82) is 0 Å². The molecule has 6 rings (SSSR count). The number of nitrogens with two attached hydrogens (primary N) is 2. The molecule has 3 aromatic rings. The van der Waals surface area contributed by atoms with Gasteiger partial charge in [0.2, 0.25) is 5.95 Å². The number of aliphatic hydroxyl groups is 1. The lowest BCUT2D eigenvalue weighted by Crippen LogP contribution is -2.44. The first-order valence-electron chi connectivity index (χ1n) is 12.7. The quantitative estimate of drug-likeness (QED) is 0.122. The Hall–Kier alpha value is -3.33. The minimum Gasteiger partial charge on any atom is -0.394 e. The number of phosphoric acid groups is 1. The molecule has 2 saturated heterocycles. The largest absolute Gasteiger partial charge is 0.695 e. The molecular formula is C20H27N10O11P2+. The van der Waals surface area contributed by atoms with E-state index in [1.807, 2.05) is 0 Å². The van der Waals surface area contributed by atoms with Gasteiger partial charge in [0, 0.05) is 23.6 Å². The number of aromatic amines is 1. The Morgan fingerprint density at radius 1 is 1.23 bits per heavy atom. The van der Waals surface area contributed by atoms with Gasteiger partial charge < -0.3 is 30.9 Å². The lowest BCUT2D eigenvalue weighted by molar-refractivity contribution is -0.0540. The zero-order chi connectivity index (χ0) is 30.5. The van der Waals surface area contributed by atoms with Crippen LogP contribution >= 0.6 is 16.1 Å². The molecule has 4 unspecified atom stereocenters. The van der Waals surface area contributed by atoms with Gasteiger partial charge in [-0.15, -0.1) is 15.0 Å². The van der Waals surface area contributed by atoms with Crippen molar-refractivity contribution in [3.8, 4) is 0 Å². The molecule has 0 saturated carbocycles. The van der Waals surface area contributed by atoms with Crippen molar-refractivity contribution < 1.29 is 47.1 Å². The highest BCUT2D eigenvalue weighted by atomic mass is 31.2. The van der Waals surface area contributed by atoms with Gasteiger partial charge in [0.1, 0.15) is 36.0 Å². The van der Waals surface area contributed by atoms with E-state index in [-0.39, 0.29) is 35.8 Å². The number of H-pyrrole nitrogens is 1. The molecule has 3 aliphatic heterocycles. The van der Waals surface area contributed by atoms with Crippen molar-refractivity contribution in [2.24, 2.45) is 0 Å². The normalized spacial score (nSPS) is 28.6. The second kappa shape index (κ2) is 11.6.